The minimum atomic E-state index is -2.83. The molecule has 7 heteroatoms. The predicted octanol–water partition coefficient (Wildman–Crippen LogP) is 9.05. The van der Waals surface area contributed by atoms with Gasteiger partial charge in [0, 0.05) is 12.8 Å². The smallest absolute Gasteiger partial charge is 0.293 e. The first-order valence-electron chi connectivity index (χ1n) is 17.4. The van der Waals surface area contributed by atoms with Crippen molar-refractivity contribution in [2.75, 3.05) is 13.7 Å². The molecule has 0 N–H and O–H groups in total. The largest absolute Gasteiger partial charge is 0.518 e. The summed E-state index contributed by atoms with van der Waals surface area (Å²) in [6.45, 7) is 20.9. The summed E-state index contributed by atoms with van der Waals surface area (Å²) in [7, 11) is -3.44. The van der Waals surface area contributed by atoms with Crippen molar-refractivity contribution in [2.24, 2.45) is 0 Å². The normalized spacial score (nSPS) is 12.9. The molecular weight excluding hydrogens is 629 g/mol. The molecule has 0 amide bonds. The highest BCUT2D eigenvalue weighted by Crippen LogP contribution is 2.42. The Balaban J connectivity index is 1.86. The molecule has 3 rings (SSSR count). The van der Waals surface area contributed by atoms with Crippen LogP contribution in [-0.4, -0.2) is 42.4 Å². The van der Waals surface area contributed by atoms with Gasteiger partial charge in [0.05, 0.1) is 32.8 Å². The van der Waals surface area contributed by atoms with Gasteiger partial charge in [-0.25, -0.2) is 0 Å². The van der Waals surface area contributed by atoms with Gasteiger partial charge < -0.3 is 18.3 Å². The number of hydrogen-bond donors (Lipinski definition) is 0. The van der Waals surface area contributed by atoms with Crippen molar-refractivity contribution in [3.8, 4) is 17.6 Å². The SMILES string of the molecule is COc1ccc(COC[C@@H](CC#CCCC(=O)O[Si](C(C)C)(C(C)C)C(C)C)O[Si](c2ccccc2)(c2ccccc2)C(C)(C)C)cc1. The summed E-state index contributed by atoms with van der Waals surface area (Å²) in [5, 5.41) is 2.25. The minimum Gasteiger partial charge on any atom is -0.518 e. The molecule has 5 nitrogen and oxygen atoms in total. The second-order valence-electron chi connectivity index (χ2n) is 14.6. The van der Waals surface area contributed by atoms with E-state index in [1.807, 2.05) is 24.3 Å². The van der Waals surface area contributed by atoms with Gasteiger partial charge in [0.2, 0.25) is 0 Å². The van der Waals surface area contributed by atoms with E-state index < -0.39 is 16.6 Å². The van der Waals surface area contributed by atoms with Crippen molar-refractivity contribution in [1.29, 1.82) is 0 Å². The summed E-state index contributed by atoms with van der Waals surface area (Å²) in [5.41, 5.74) is 2.12. The Morgan fingerprint density at radius 2 is 1.27 bits per heavy atom. The number of carbonyl (C=O) groups excluding carboxylic acids is 1. The lowest BCUT2D eigenvalue weighted by molar-refractivity contribution is -0.135. The summed E-state index contributed by atoms with van der Waals surface area (Å²) in [6, 6.07) is 29.2. The van der Waals surface area contributed by atoms with E-state index in [1.165, 1.54) is 10.4 Å². The molecule has 0 fully saturated rings. The van der Waals surface area contributed by atoms with Gasteiger partial charge in [0.15, 0.2) is 0 Å². The quantitative estimate of drug-likeness (QED) is 0.111. The monoisotopic (exact) mass is 686 g/mol. The first kappa shape index (κ1) is 39.3. The van der Waals surface area contributed by atoms with Crippen LogP contribution in [-0.2, 0) is 25.0 Å². The van der Waals surface area contributed by atoms with Gasteiger partial charge >= 0.3 is 0 Å². The van der Waals surface area contributed by atoms with Gasteiger partial charge in [-0.3, -0.25) is 4.79 Å². The highest BCUT2D eigenvalue weighted by Gasteiger charge is 2.51. The molecule has 0 aliphatic rings. The number of carbonyl (C=O) groups is 1. The van der Waals surface area contributed by atoms with Gasteiger partial charge in [-0.1, -0.05) is 135 Å². The third-order valence-electron chi connectivity index (χ3n) is 9.40. The molecular formula is C41H58O5Si2. The zero-order valence-corrected chi connectivity index (χ0v) is 33.0. The van der Waals surface area contributed by atoms with Crippen LogP contribution in [0.4, 0.5) is 0 Å². The molecule has 0 saturated heterocycles. The van der Waals surface area contributed by atoms with Crippen molar-refractivity contribution < 1.29 is 23.1 Å². The lowest BCUT2D eigenvalue weighted by Crippen LogP contribution is -2.68. The van der Waals surface area contributed by atoms with E-state index in [-0.39, 0.29) is 17.1 Å². The van der Waals surface area contributed by atoms with Crippen molar-refractivity contribution >= 4 is 33.0 Å². The van der Waals surface area contributed by atoms with Crippen LogP contribution in [0, 0.1) is 11.8 Å². The van der Waals surface area contributed by atoms with E-state index in [2.05, 4.69) is 135 Å². The lowest BCUT2D eigenvalue weighted by atomic mass is 10.2. The third-order valence-corrected chi connectivity index (χ3v) is 20.5. The Morgan fingerprint density at radius 3 is 1.73 bits per heavy atom. The maximum Gasteiger partial charge on any atom is 0.293 e. The van der Waals surface area contributed by atoms with E-state index in [1.54, 1.807) is 7.11 Å². The number of rotatable bonds is 16. The maximum atomic E-state index is 13.1. The predicted molar refractivity (Wildman–Crippen MR) is 204 cm³/mol. The van der Waals surface area contributed by atoms with E-state index >= 15 is 0 Å². The highest BCUT2D eigenvalue weighted by atomic mass is 28.4. The van der Waals surface area contributed by atoms with Gasteiger partial charge in [-0.15, -0.1) is 11.8 Å². The number of ether oxygens (including phenoxy) is 2. The van der Waals surface area contributed by atoms with Gasteiger partial charge in [0.1, 0.15) is 5.75 Å². The molecule has 0 radical (unpaired) electrons. The lowest BCUT2D eigenvalue weighted by Gasteiger charge is -2.45. The summed E-state index contributed by atoms with van der Waals surface area (Å²) < 4.78 is 25.4. The van der Waals surface area contributed by atoms with Crippen LogP contribution in [0.1, 0.15) is 87.1 Å². The molecule has 3 aromatic rings. The molecule has 0 saturated carbocycles. The third kappa shape index (κ3) is 9.72. The maximum absolute atomic E-state index is 13.1. The van der Waals surface area contributed by atoms with Crippen LogP contribution in [0.25, 0.3) is 0 Å². The van der Waals surface area contributed by atoms with E-state index in [0.29, 0.717) is 49.1 Å². The highest BCUT2D eigenvalue weighted by molar-refractivity contribution is 6.99. The van der Waals surface area contributed by atoms with Crippen molar-refractivity contribution in [3.05, 3.63) is 90.5 Å². The Kier molecular flexibility index (Phi) is 14.7. The average Bonchev–Trinajstić information content (AvgIpc) is 3.05. The number of hydrogen-bond acceptors (Lipinski definition) is 5. The summed E-state index contributed by atoms with van der Waals surface area (Å²) in [5.74, 6) is 7.33. The standard InChI is InChI=1S/C41H58O5Si2/c1-32(2)47(33(3)4,34(5)6)46-40(42)25-19-11-14-20-37(31-44-30-35-26-28-36(43-10)29-27-35)45-48(41(7,8)9,38-21-15-12-16-22-38)39-23-17-13-18-24-39/h12-13,15-18,21-24,26-29,32-34,37H,19-20,25,30-31H2,1-10H3/t37-/m1/s1. The van der Waals surface area contributed by atoms with Crippen LogP contribution in [0.5, 0.6) is 5.75 Å². The van der Waals surface area contributed by atoms with Crippen molar-refractivity contribution in [2.45, 2.75) is 116 Å². The summed E-state index contributed by atoms with van der Waals surface area (Å²) in [6.07, 6.45) is 0.959. The first-order chi connectivity index (χ1) is 22.8. The Bertz CT molecular complexity index is 1390. The molecule has 0 aliphatic carbocycles. The van der Waals surface area contributed by atoms with Crippen LogP contribution in [0.2, 0.25) is 21.7 Å². The van der Waals surface area contributed by atoms with Crippen molar-refractivity contribution in [3.63, 3.8) is 0 Å². The topological polar surface area (TPSA) is 54.0 Å². The fourth-order valence-electron chi connectivity index (χ4n) is 7.15. The molecule has 0 heterocycles. The Labute approximate surface area is 293 Å². The molecule has 1 atom stereocenters. The Hall–Kier alpha value is -3.16. The van der Waals surface area contributed by atoms with E-state index in [0.717, 1.165) is 11.3 Å². The van der Waals surface area contributed by atoms with Gasteiger partial charge in [-0.2, -0.15) is 0 Å². The summed E-state index contributed by atoms with van der Waals surface area (Å²) >= 11 is 0. The van der Waals surface area contributed by atoms with Gasteiger partial charge in [-0.05, 0) is 49.7 Å². The van der Waals surface area contributed by atoms with E-state index in [4.69, 9.17) is 18.3 Å². The molecule has 0 aliphatic heterocycles. The molecule has 0 aromatic heterocycles. The van der Waals surface area contributed by atoms with Crippen LogP contribution >= 0.6 is 0 Å². The van der Waals surface area contributed by atoms with Gasteiger partial charge in [0.25, 0.3) is 22.6 Å². The second kappa shape index (κ2) is 18.0. The fraction of sp³-hybridized carbons (Fsp3) is 0.488. The summed E-state index contributed by atoms with van der Waals surface area (Å²) in [4.78, 5) is 13.1. The van der Waals surface area contributed by atoms with Crippen molar-refractivity contribution in [1.82, 2.24) is 0 Å². The fourth-order valence-corrected chi connectivity index (χ4v) is 17.0. The first-order valence-corrected chi connectivity index (χ1v) is 21.5. The zero-order valence-electron chi connectivity index (χ0n) is 31.0. The number of benzene rings is 3. The molecule has 260 valence electrons. The number of methoxy groups -OCH3 is 1. The molecule has 0 unspecified atom stereocenters. The molecule has 0 spiro atoms. The molecule has 0 bridgehead atoms. The van der Waals surface area contributed by atoms with Crippen LogP contribution < -0.4 is 15.1 Å². The van der Waals surface area contributed by atoms with E-state index in [9.17, 15) is 4.79 Å². The average molecular weight is 687 g/mol. The molecule has 48 heavy (non-hydrogen) atoms. The zero-order chi connectivity index (χ0) is 35.4. The Morgan fingerprint density at radius 1 is 0.750 bits per heavy atom. The van der Waals surface area contributed by atoms with Crippen LogP contribution in [0.3, 0.4) is 0 Å². The van der Waals surface area contributed by atoms with Crippen LogP contribution in [0.15, 0.2) is 84.9 Å². The second-order valence-corrected chi connectivity index (χ2v) is 24.2. The molecule has 3 aromatic carbocycles. The minimum absolute atomic E-state index is 0.130.